The van der Waals surface area contributed by atoms with Gasteiger partial charge in [0.05, 0.1) is 5.75 Å². The topological polar surface area (TPSA) is 86.2 Å². The second kappa shape index (κ2) is 3.42. The first-order chi connectivity index (χ1) is 7.35. The largest absolute Gasteiger partial charge is 0.343 e. The fraction of sp³-hybridized carbons (Fsp3) is 0.500. The number of aromatic nitrogens is 1. The SMILES string of the molecule is CN1C(=N)N[C@](C)(c2nccs2)CS1(=O)=O. The molecule has 1 aliphatic heterocycles. The molecule has 88 valence electrons. The molecule has 16 heavy (non-hydrogen) atoms. The van der Waals surface area contributed by atoms with Gasteiger partial charge in [-0.05, 0) is 6.92 Å². The molecule has 0 radical (unpaired) electrons. The number of guanidine groups is 1. The molecule has 2 rings (SSSR count). The van der Waals surface area contributed by atoms with E-state index in [1.54, 1.807) is 18.5 Å². The quantitative estimate of drug-likeness (QED) is 0.753. The van der Waals surface area contributed by atoms with Gasteiger partial charge in [0.15, 0.2) is 0 Å². The van der Waals surface area contributed by atoms with E-state index in [0.29, 0.717) is 5.01 Å². The van der Waals surface area contributed by atoms with Crippen LogP contribution in [0.5, 0.6) is 0 Å². The first kappa shape index (κ1) is 11.3. The number of nitrogens with one attached hydrogen (secondary N) is 2. The molecule has 1 saturated heterocycles. The first-order valence-corrected chi connectivity index (χ1v) is 7.07. The summed E-state index contributed by atoms with van der Waals surface area (Å²) in [6, 6.07) is 0. The molecule has 2 N–H and O–H groups in total. The molecule has 0 unspecified atom stereocenters. The van der Waals surface area contributed by atoms with E-state index in [4.69, 9.17) is 5.41 Å². The lowest BCUT2D eigenvalue weighted by Gasteiger charge is -2.38. The van der Waals surface area contributed by atoms with Crippen LogP contribution in [0.2, 0.25) is 0 Å². The van der Waals surface area contributed by atoms with Gasteiger partial charge in [-0.3, -0.25) is 5.41 Å². The lowest BCUT2D eigenvalue weighted by Crippen LogP contribution is -2.60. The maximum absolute atomic E-state index is 11.8. The molecule has 1 aromatic rings. The Balaban J connectivity index is 2.43. The molecular formula is C8H12N4O2S2. The first-order valence-electron chi connectivity index (χ1n) is 4.58. The number of hydrogen-bond acceptors (Lipinski definition) is 5. The monoisotopic (exact) mass is 260 g/mol. The Morgan fingerprint density at radius 3 is 2.88 bits per heavy atom. The van der Waals surface area contributed by atoms with E-state index in [9.17, 15) is 8.42 Å². The predicted octanol–water partition coefficient (Wildman–Crippen LogP) is 0.158. The van der Waals surface area contributed by atoms with Gasteiger partial charge in [0.2, 0.25) is 16.0 Å². The summed E-state index contributed by atoms with van der Waals surface area (Å²) in [5.41, 5.74) is -0.809. The molecule has 0 saturated carbocycles. The molecular weight excluding hydrogens is 248 g/mol. The van der Waals surface area contributed by atoms with Crippen LogP contribution in [-0.4, -0.2) is 36.5 Å². The van der Waals surface area contributed by atoms with Crippen molar-refractivity contribution >= 4 is 27.3 Å². The normalized spacial score (nSPS) is 28.9. The number of thiazole rings is 1. The van der Waals surface area contributed by atoms with Gasteiger partial charge in [-0.15, -0.1) is 11.3 Å². The van der Waals surface area contributed by atoms with Gasteiger partial charge in [0.1, 0.15) is 10.5 Å². The van der Waals surface area contributed by atoms with E-state index in [1.807, 2.05) is 0 Å². The van der Waals surface area contributed by atoms with Crippen LogP contribution in [0.4, 0.5) is 0 Å². The Bertz CT molecular complexity index is 510. The third-order valence-electron chi connectivity index (χ3n) is 2.50. The van der Waals surface area contributed by atoms with Gasteiger partial charge in [-0.1, -0.05) is 0 Å². The van der Waals surface area contributed by atoms with E-state index in [0.717, 1.165) is 4.31 Å². The molecule has 0 spiro atoms. The zero-order valence-corrected chi connectivity index (χ0v) is 10.5. The van der Waals surface area contributed by atoms with Crippen LogP contribution < -0.4 is 5.32 Å². The molecule has 1 aromatic heterocycles. The lowest BCUT2D eigenvalue weighted by atomic mass is 10.1. The van der Waals surface area contributed by atoms with Gasteiger partial charge < -0.3 is 5.32 Å². The van der Waals surface area contributed by atoms with Crippen molar-refractivity contribution < 1.29 is 8.42 Å². The zero-order chi connectivity index (χ0) is 12.0. The highest BCUT2D eigenvalue weighted by Gasteiger charge is 2.43. The van der Waals surface area contributed by atoms with Gasteiger partial charge in [0, 0.05) is 18.6 Å². The number of hydrogen-bond donors (Lipinski definition) is 2. The summed E-state index contributed by atoms with van der Waals surface area (Å²) in [6.45, 7) is 1.74. The molecule has 0 aromatic carbocycles. The van der Waals surface area contributed by atoms with Crippen molar-refractivity contribution in [1.29, 1.82) is 5.41 Å². The minimum absolute atomic E-state index is 0.0909. The van der Waals surface area contributed by atoms with Crippen molar-refractivity contribution in [2.75, 3.05) is 12.8 Å². The second-order valence-corrected chi connectivity index (χ2v) is 6.76. The van der Waals surface area contributed by atoms with Crippen molar-refractivity contribution in [1.82, 2.24) is 14.6 Å². The fourth-order valence-corrected chi connectivity index (χ4v) is 3.89. The van der Waals surface area contributed by atoms with E-state index in [2.05, 4.69) is 10.3 Å². The van der Waals surface area contributed by atoms with Crippen molar-refractivity contribution in [2.24, 2.45) is 0 Å². The predicted molar refractivity (Wildman–Crippen MR) is 61.9 cm³/mol. The summed E-state index contributed by atoms with van der Waals surface area (Å²) < 4.78 is 24.6. The fourth-order valence-electron chi connectivity index (χ4n) is 1.59. The van der Waals surface area contributed by atoms with Gasteiger partial charge >= 0.3 is 0 Å². The Hall–Kier alpha value is -1.15. The zero-order valence-electron chi connectivity index (χ0n) is 8.89. The van der Waals surface area contributed by atoms with Crippen LogP contribution in [0.1, 0.15) is 11.9 Å². The van der Waals surface area contributed by atoms with Gasteiger partial charge in [-0.2, -0.15) is 0 Å². The van der Waals surface area contributed by atoms with Crippen LogP contribution in [0.15, 0.2) is 11.6 Å². The maximum atomic E-state index is 11.8. The van der Waals surface area contributed by atoms with Crippen molar-refractivity contribution in [2.45, 2.75) is 12.5 Å². The highest BCUT2D eigenvalue weighted by atomic mass is 32.2. The maximum Gasteiger partial charge on any atom is 0.239 e. The van der Waals surface area contributed by atoms with Crippen molar-refractivity contribution in [3.63, 3.8) is 0 Å². The van der Waals surface area contributed by atoms with Gasteiger partial charge in [0.25, 0.3) is 0 Å². The van der Waals surface area contributed by atoms with Crippen molar-refractivity contribution in [3.05, 3.63) is 16.6 Å². The van der Waals surface area contributed by atoms with Crippen LogP contribution >= 0.6 is 11.3 Å². The van der Waals surface area contributed by atoms with Crippen LogP contribution in [0, 0.1) is 5.41 Å². The minimum Gasteiger partial charge on any atom is -0.343 e. The summed E-state index contributed by atoms with van der Waals surface area (Å²) in [7, 11) is -2.06. The third-order valence-corrected chi connectivity index (χ3v) is 5.50. The van der Waals surface area contributed by atoms with Crippen LogP contribution in [0.3, 0.4) is 0 Å². The van der Waals surface area contributed by atoms with E-state index in [-0.39, 0.29) is 11.7 Å². The Kier molecular flexibility index (Phi) is 2.43. The second-order valence-electron chi connectivity index (χ2n) is 3.87. The molecule has 0 bridgehead atoms. The van der Waals surface area contributed by atoms with Crippen LogP contribution in [0.25, 0.3) is 0 Å². The smallest absolute Gasteiger partial charge is 0.239 e. The summed E-state index contributed by atoms with van der Waals surface area (Å²) in [4.78, 5) is 4.11. The van der Waals surface area contributed by atoms with Crippen LogP contribution in [-0.2, 0) is 15.6 Å². The Morgan fingerprint density at radius 1 is 1.69 bits per heavy atom. The van der Waals surface area contributed by atoms with E-state index < -0.39 is 15.6 Å². The molecule has 0 amide bonds. The number of nitrogens with zero attached hydrogens (tertiary/aromatic N) is 2. The summed E-state index contributed by atoms with van der Waals surface area (Å²) in [6.07, 6.45) is 1.63. The minimum atomic E-state index is -3.43. The van der Waals surface area contributed by atoms with Gasteiger partial charge in [-0.25, -0.2) is 17.7 Å². The standard InChI is InChI=1S/C8H12N4O2S2/c1-8(6-10-3-4-15-6)5-16(13,14)12(2)7(9)11-8/h3-4H,5H2,1-2H3,(H2,9,11)/t8-/m0/s1. The highest BCUT2D eigenvalue weighted by Crippen LogP contribution is 2.28. The number of rotatable bonds is 1. The lowest BCUT2D eigenvalue weighted by molar-refractivity contribution is 0.417. The summed E-state index contributed by atoms with van der Waals surface area (Å²) in [5, 5.41) is 13.0. The molecule has 1 atom stereocenters. The molecule has 1 fully saturated rings. The van der Waals surface area contributed by atoms with Crippen molar-refractivity contribution in [3.8, 4) is 0 Å². The average Bonchev–Trinajstić information content (AvgIpc) is 2.66. The highest BCUT2D eigenvalue weighted by molar-refractivity contribution is 7.89. The van der Waals surface area contributed by atoms with E-state index in [1.165, 1.54) is 18.4 Å². The summed E-state index contributed by atoms with van der Waals surface area (Å²) >= 11 is 1.38. The van der Waals surface area contributed by atoms with E-state index >= 15 is 0 Å². The molecule has 2 heterocycles. The third kappa shape index (κ3) is 1.67. The molecule has 0 aliphatic carbocycles. The Labute approximate surface area is 97.9 Å². The molecule has 6 nitrogen and oxygen atoms in total. The average molecular weight is 260 g/mol. The molecule has 1 aliphatic rings. The number of sulfonamides is 1. The Morgan fingerprint density at radius 2 is 2.38 bits per heavy atom. The summed E-state index contributed by atoms with van der Waals surface area (Å²) in [5.74, 6) is -0.212. The molecule has 8 heteroatoms.